The van der Waals surface area contributed by atoms with Gasteiger partial charge in [0, 0.05) is 19.1 Å². The number of carbonyl (C=O) groups is 1. The first-order valence-corrected chi connectivity index (χ1v) is 7.26. The predicted octanol–water partition coefficient (Wildman–Crippen LogP) is 1.55. The van der Waals surface area contributed by atoms with Crippen LogP contribution in [0.15, 0.2) is 24.3 Å². The van der Waals surface area contributed by atoms with Crippen molar-refractivity contribution in [3.8, 4) is 0 Å². The molecule has 1 aromatic carbocycles. The molecule has 2 unspecified atom stereocenters. The predicted molar refractivity (Wildman–Crippen MR) is 81.4 cm³/mol. The van der Waals surface area contributed by atoms with Gasteiger partial charge in [-0.2, -0.15) is 0 Å². The molecule has 2 N–H and O–H groups in total. The van der Waals surface area contributed by atoms with E-state index >= 15 is 0 Å². The second-order valence-electron chi connectivity index (χ2n) is 5.93. The number of aryl methyl sites for hydroxylation is 1. The number of likely N-dealkylation sites (tertiary alicyclic amines) is 1. The molecule has 0 aliphatic carbocycles. The largest absolute Gasteiger partial charge is 0.339 e. The Morgan fingerprint density at radius 3 is 2.60 bits per heavy atom. The van der Waals surface area contributed by atoms with Crippen LogP contribution in [0.3, 0.4) is 0 Å². The highest BCUT2D eigenvalue weighted by atomic mass is 16.2. The van der Waals surface area contributed by atoms with Gasteiger partial charge < -0.3 is 15.5 Å². The number of nitrogens with zero attached hydrogens (tertiary/aromatic N) is 2. The van der Waals surface area contributed by atoms with Crippen molar-refractivity contribution in [2.24, 2.45) is 5.73 Å². The molecule has 1 heterocycles. The molecule has 4 nitrogen and oxygen atoms in total. The summed E-state index contributed by atoms with van der Waals surface area (Å²) >= 11 is 0. The van der Waals surface area contributed by atoms with Crippen LogP contribution in [-0.4, -0.2) is 48.9 Å². The van der Waals surface area contributed by atoms with E-state index in [1.807, 2.05) is 36.1 Å². The van der Waals surface area contributed by atoms with Crippen LogP contribution in [0.1, 0.15) is 30.0 Å². The molecule has 1 amide bonds. The number of hydrogen-bond acceptors (Lipinski definition) is 3. The van der Waals surface area contributed by atoms with E-state index in [0.717, 1.165) is 31.5 Å². The fraction of sp³-hybridized carbons (Fsp3) is 0.562. The monoisotopic (exact) mass is 275 g/mol. The highest BCUT2D eigenvalue weighted by molar-refractivity contribution is 5.83. The maximum Gasteiger partial charge on any atom is 0.244 e. The molecule has 0 aromatic heterocycles. The molecule has 2 rings (SSSR count). The molecule has 1 aliphatic heterocycles. The molecule has 110 valence electrons. The molecule has 1 aromatic rings. The van der Waals surface area contributed by atoms with Gasteiger partial charge in [0.2, 0.25) is 5.91 Å². The smallest absolute Gasteiger partial charge is 0.244 e. The molecule has 4 heteroatoms. The molecule has 0 bridgehead atoms. The Hall–Kier alpha value is -1.39. The van der Waals surface area contributed by atoms with Crippen LogP contribution in [0.4, 0.5) is 0 Å². The Morgan fingerprint density at radius 1 is 1.35 bits per heavy atom. The molecular weight excluding hydrogens is 250 g/mol. The van der Waals surface area contributed by atoms with Crippen molar-refractivity contribution in [1.29, 1.82) is 0 Å². The van der Waals surface area contributed by atoms with Crippen molar-refractivity contribution in [3.63, 3.8) is 0 Å². The third kappa shape index (κ3) is 3.38. The maximum absolute atomic E-state index is 12.5. The number of carbonyl (C=O) groups excluding carboxylic acids is 1. The van der Waals surface area contributed by atoms with Gasteiger partial charge in [-0.1, -0.05) is 29.8 Å². The Labute approximate surface area is 121 Å². The summed E-state index contributed by atoms with van der Waals surface area (Å²) in [6.45, 7) is 3.64. The number of amides is 1. The van der Waals surface area contributed by atoms with Crippen LogP contribution in [0.2, 0.25) is 0 Å². The molecule has 0 saturated carbocycles. The van der Waals surface area contributed by atoms with Crippen LogP contribution in [0.25, 0.3) is 0 Å². The van der Waals surface area contributed by atoms with Crippen molar-refractivity contribution in [2.75, 3.05) is 27.2 Å². The minimum absolute atomic E-state index is 0.0420. The highest BCUT2D eigenvalue weighted by Gasteiger charge is 2.28. The van der Waals surface area contributed by atoms with Crippen molar-refractivity contribution in [2.45, 2.75) is 31.8 Å². The summed E-state index contributed by atoms with van der Waals surface area (Å²) in [7, 11) is 4.14. The Morgan fingerprint density at radius 2 is 2.00 bits per heavy atom. The maximum atomic E-state index is 12.5. The van der Waals surface area contributed by atoms with Gasteiger partial charge >= 0.3 is 0 Å². The number of benzene rings is 1. The van der Waals surface area contributed by atoms with E-state index in [9.17, 15) is 4.79 Å². The lowest BCUT2D eigenvalue weighted by Gasteiger charge is -2.37. The third-order valence-electron chi connectivity index (χ3n) is 4.14. The Bertz CT molecular complexity index is 455. The van der Waals surface area contributed by atoms with Crippen LogP contribution in [-0.2, 0) is 4.79 Å². The van der Waals surface area contributed by atoms with E-state index < -0.39 is 6.04 Å². The third-order valence-corrected chi connectivity index (χ3v) is 4.14. The lowest BCUT2D eigenvalue weighted by molar-refractivity contribution is -0.134. The minimum Gasteiger partial charge on any atom is -0.339 e. The van der Waals surface area contributed by atoms with Crippen molar-refractivity contribution in [1.82, 2.24) is 9.80 Å². The van der Waals surface area contributed by atoms with Crippen LogP contribution < -0.4 is 5.73 Å². The number of piperidine rings is 1. The Balaban J connectivity index is 2.04. The van der Waals surface area contributed by atoms with Gasteiger partial charge in [-0.3, -0.25) is 4.79 Å². The normalized spacial score (nSPS) is 21.1. The zero-order valence-electron chi connectivity index (χ0n) is 12.7. The molecule has 1 saturated heterocycles. The molecule has 1 fully saturated rings. The lowest BCUT2D eigenvalue weighted by atomic mass is 10.0. The first kappa shape index (κ1) is 15.0. The molecule has 0 radical (unpaired) electrons. The first-order valence-electron chi connectivity index (χ1n) is 7.26. The second-order valence-corrected chi connectivity index (χ2v) is 5.93. The molecule has 20 heavy (non-hydrogen) atoms. The number of hydrogen-bond donors (Lipinski definition) is 1. The standard InChI is InChI=1S/C16H25N3O/c1-12-6-8-13(9-7-12)15(17)16(20)19-10-4-5-14(11-19)18(2)3/h6-9,14-15H,4-5,10-11,17H2,1-3H3. The van der Waals surface area contributed by atoms with Crippen LogP contribution in [0, 0.1) is 6.92 Å². The summed E-state index contributed by atoms with van der Waals surface area (Å²) in [4.78, 5) is 16.6. The van der Waals surface area contributed by atoms with Crippen molar-refractivity contribution >= 4 is 5.91 Å². The summed E-state index contributed by atoms with van der Waals surface area (Å²) in [5.41, 5.74) is 8.21. The molecular formula is C16H25N3O. The average molecular weight is 275 g/mol. The van der Waals surface area contributed by atoms with Gasteiger partial charge in [0.05, 0.1) is 0 Å². The van der Waals surface area contributed by atoms with Gasteiger partial charge in [-0.25, -0.2) is 0 Å². The highest BCUT2D eigenvalue weighted by Crippen LogP contribution is 2.19. The number of nitrogens with two attached hydrogens (primary N) is 1. The summed E-state index contributed by atoms with van der Waals surface area (Å²) in [5, 5.41) is 0. The van der Waals surface area contributed by atoms with Gasteiger partial charge in [0.1, 0.15) is 6.04 Å². The minimum atomic E-state index is -0.545. The zero-order chi connectivity index (χ0) is 14.7. The molecule has 1 aliphatic rings. The van der Waals surface area contributed by atoms with Crippen molar-refractivity contribution < 1.29 is 4.79 Å². The van der Waals surface area contributed by atoms with E-state index in [2.05, 4.69) is 19.0 Å². The van der Waals surface area contributed by atoms with Crippen LogP contribution in [0.5, 0.6) is 0 Å². The van der Waals surface area contributed by atoms with Crippen LogP contribution >= 0.6 is 0 Å². The van der Waals surface area contributed by atoms with Gasteiger partial charge in [0.25, 0.3) is 0 Å². The first-order chi connectivity index (χ1) is 9.49. The zero-order valence-corrected chi connectivity index (χ0v) is 12.7. The number of likely N-dealkylation sites (N-methyl/N-ethyl adjacent to an activating group) is 1. The second kappa shape index (κ2) is 6.37. The lowest BCUT2D eigenvalue weighted by Crippen LogP contribution is -2.49. The number of rotatable bonds is 3. The van der Waals surface area contributed by atoms with Gasteiger partial charge in [-0.05, 0) is 39.4 Å². The van der Waals surface area contributed by atoms with Crippen molar-refractivity contribution in [3.05, 3.63) is 35.4 Å². The fourth-order valence-electron chi connectivity index (χ4n) is 2.69. The molecule has 2 atom stereocenters. The summed E-state index contributed by atoms with van der Waals surface area (Å²) in [6, 6.07) is 7.80. The van der Waals surface area contributed by atoms with E-state index in [1.54, 1.807) is 0 Å². The summed E-state index contributed by atoms with van der Waals surface area (Å²) in [6.07, 6.45) is 2.20. The van der Waals surface area contributed by atoms with Gasteiger partial charge in [-0.15, -0.1) is 0 Å². The Kier molecular flexibility index (Phi) is 4.78. The van der Waals surface area contributed by atoms with Gasteiger partial charge in [0.15, 0.2) is 0 Å². The van der Waals surface area contributed by atoms with E-state index in [4.69, 9.17) is 5.73 Å². The van der Waals surface area contributed by atoms with E-state index in [0.29, 0.717) is 6.04 Å². The average Bonchev–Trinajstić information content (AvgIpc) is 2.46. The fourth-order valence-corrected chi connectivity index (χ4v) is 2.69. The quantitative estimate of drug-likeness (QED) is 0.910. The molecule has 0 spiro atoms. The topological polar surface area (TPSA) is 49.6 Å². The van der Waals surface area contributed by atoms with E-state index in [1.165, 1.54) is 5.56 Å². The summed E-state index contributed by atoms with van der Waals surface area (Å²) in [5.74, 6) is 0.0420. The van der Waals surface area contributed by atoms with E-state index in [-0.39, 0.29) is 5.91 Å². The SMILES string of the molecule is Cc1ccc(C(N)C(=O)N2CCCC(N(C)C)C2)cc1. The summed E-state index contributed by atoms with van der Waals surface area (Å²) < 4.78 is 0.